The zero-order chi connectivity index (χ0) is 12.8. The molecule has 17 heavy (non-hydrogen) atoms. The van der Waals surface area contributed by atoms with Crippen LogP contribution in [0, 0.1) is 0 Å². The van der Waals surface area contributed by atoms with E-state index in [0.717, 1.165) is 0 Å². The van der Waals surface area contributed by atoms with E-state index in [1.165, 1.54) is 18.2 Å². The quantitative estimate of drug-likeness (QED) is 0.857. The molecule has 0 aliphatic heterocycles. The second-order valence-corrected chi connectivity index (χ2v) is 5.63. The molecule has 0 bridgehead atoms. The van der Waals surface area contributed by atoms with Crippen molar-refractivity contribution in [3.8, 4) is 5.75 Å². The van der Waals surface area contributed by atoms with Crippen molar-refractivity contribution in [1.82, 2.24) is 5.32 Å². The van der Waals surface area contributed by atoms with E-state index < -0.39 is 10.8 Å². The minimum atomic E-state index is -0.889. The molecule has 94 valence electrons. The summed E-state index contributed by atoms with van der Waals surface area (Å²) in [4.78, 5) is 11.6. The number of nitrogens with one attached hydrogen (secondary N) is 1. The third-order valence-corrected chi connectivity index (χ3v) is 3.75. The Morgan fingerprint density at radius 3 is 2.82 bits per heavy atom. The highest BCUT2D eigenvalue weighted by Gasteiger charge is 2.08. The number of halogens is 1. The molecule has 1 rings (SSSR count). The second-order valence-electron chi connectivity index (χ2n) is 3.35. The van der Waals surface area contributed by atoms with Crippen molar-refractivity contribution in [3.63, 3.8) is 0 Å². The molecule has 6 heteroatoms. The second kappa shape index (κ2) is 6.61. The van der Waals surface area contributed by atoms with Crippen LogP contribution in [0.5, 0.6) is 5.75 Å². The van der Waals surface area contributed by atoms with Gasteiger partial charge in [0.25, 0.3) is 5.91 Å². The average molecular weight is 276 g/mol. The summed E-state index contributed by atoms with van der Waals surface area (Å²) in [6.07, 6.45) is 0. The van der Waals surface area contributed by atoms with Gasteiger partial charge in [-0.15, -0.1) is 0 Å². The molecule has 1 aromatic carbocycles. The zero-order valence-electron chi connectivity index (χ0n) is 9.40. The van der Waals surface area contributed by atoms with E-state index in [-0.39, 0.29) is 16.7 Å². The van der Waals surface area contributed by atoms with Gasteiger partial charge in [-0.05, 0) is 18.2 Å². The number of benzene rings is 1. The van der Waals surface area contributed by atoms with Crippen molar-refractivity contribution < 1.29 is 14.1 Å². The monoisotopic (exact) mass is 275 g/mol. The highest BCUT2D eigenvalue weighted by molar-refractivity contribution is 7.84. The minimum Gasteiger partial charge on any atom is -0.506 e. The summed E-state index contributed by atoms with van der Waals surface area (Å²) < 4.78 is 11.1. The average Bonchev–Trinajstić information content (AvgIpc) is 2.32. The molecule has 1 unspecified atom stereocenters. The van der Waals surface area contributed by atoms with E-state index in [0.29, 0.717) is 23.6 Å². The van der Waals surface area contributed by atoms with Crippen LogP contribution in [0.15, 0.2) is 18.2 Å². The lowest BCUT2D eigenvalue weighted by Crippen LogP contribution is -2.27. The van der Waals surface area contributed by atoms with Gasteiger partial charge in [-0.1, -0.05) is 18.5 Å². The third-order valence-electron chi connectivity index (χ3n) is 2.15. The molecule has 4 nitrogen and oxygen atoms in total. The topological polar surface area (TPSA) is 66.4 Å². The molecule has 0 saturated heterocycles. The number of amides is 1. The first-order valence-electron chi connectivity index (χ1n) is 5.16. The summed E-state index contributed by atoms with van der Waals surface area (Å²) in [5.41, 5.74) is 0.370. The van der Waals surface area contributed by atoms with Gasteiger partial charge >= 0.3 is 0 Å². The molecule has 0 fully saturated rings. The van der Waals surface area contributed by atoms with E-state index >= 15 is 0 Å². The van der Waals surface area contributed by atoms with Gasteiger partial charge in [0.05, 0.1) is 5.02 Å². The van der Waals surface area contributed by atoms with Crippen molar-refractivity contribution >= 4 is 28.3 Å². The number of hydrogen-bond donors (Lipinski definition) is 2. The van der Waals surface area contributed by atoms with Crippen LogP contribution < -0.4 is 5.32 Å². The number of phenols is 1. The van der Waals surface area contributed by atoms with Crippen LogP contribution in [0.2, 0.25) is 5.02 Å². The SMILES string of the molecule is CCS(=O)CCNC(=O)c1ccc(O)c(Cl)c1. The van der Waals surface area contributed by atoms with Crippen LogP contribution in [0.4, 0.5) is 0 Å². The van der Waals surface area contributed by atoms with Gasteiger partial charge in [0, 0.05) is 34.4 Å². The van der Waals surface area contributed by atoms with Gasteiger partial charge in [-0.25, -0.2) is 0 Å². The summed E-state index contributed by atoms with van der Waals surface area (Å²) in [5, 5.41) is 12.0. The van der Waals surface area contributed by atoms with E-state index in [4.69, 9.17) is 11.6 Å². The Balaban J connectivity index is 2.52. The fraction of sp³-hybridized carbons (Fsp3) is 0.364. The van der Waals surface area contributed by atoms with Crippen molar-refractivity contribution in [1.29, 1.82) is 0 Å². The number of rotatable bonds is 5. The summed E-state index contributed by atoms with van der Waals surface area (Å²) in [7, 11) is -0.889. The zero-order valence-corrected chi connectivity index (χ0v) is 11.0. The molecule has 0 heterocycles. The Hall–Kier alpha value is -1.07. The molecular weight excluding hydrogens is 262 g/mol. The maximum absolute atomic E-state index is 11.6. The van der Waals surface area contributed by atoms with Crippen LogP contribution in [0.25, 0.3) is 0 Å². The van der Waals surface area contributed by atoms with Gasteiger partial charge in [-0.3, -0.25) is 9.00 Å². The Kier molecular flexibility index (Phi) is 5.44. The largest absolute Gasteiger partial charge is 0.506 e. The predicted molar refractivity (Wildman–Crippen MR) is 69.0 cm³/mol. The molecule has 2 N–H and O–H groups in total. The lowest BCUT2D eigenvalue weighted by Gasteiger charge is -2.05. The number of phenolic OH excluding ortho intramolecular Hbond substituents is 1. The van der Waals surface area contributed by atoms with Gasteiger partial charge in [0.15, 0.2) is 0 Å². The Morgan fingerprint density at radius 2 is 2.24 bits per heavy atom. The molecule has 0 spiro atoms. The van der Waals surface area contributed by atoms with Crippen molar-refractivity contribution in [2.24, 2.45) is 0 Å². The van der Waals surface area contributed by atoms with Gasteiger partial charge < -0.3 is 10.4 Å². The van der Waals surface area contributed by atoms with Crippen molar-refractivity contribution in [2.75, 3.05) is 18.1 Å². The molecule has 0 radical (unpaired) electrons. The van der Waals surface area contributed by atoms with E-state index in [1.54, 1.807) is 0 Å². The summed E-state index contributed by atoms with van der Waals surface area (Å²) in [6.45, 7) is 2.19. The smallest absolute Gasteiger partial charge is 0.251 e. The standard InChI is InChI=1S/C11H14ClNO3S/c1-2-17(16)6-5-13-11(15)8-3-4-10(14)9(12)7-8/h3-4,7,14H,2,5-6H2,1H3,(H,13,15). The highest BCUT2D eigenvalue weighted by atomic mass is 35.5. The maximum Gasteiger partial charge on any atom is 0.251 e. The molecular formula is C11H14ClNO3S. The highest BCUT2D eigenvalue weighted by Crippen LogP contribution is 2.23. The van der Waals surface area contributed by atoms with Gasteiger partial charge in [-0.2, -0.15) is 0 Å². The van der Waals surface area contributed by atoms with E-state index in [1.807, 2.05) is 6.92 Å². The number of aromatic hydroxyl groups is 1. The molecule has 1 atom stereocenters. The maximum atomic E-state index is 11.6. The predicted octanol–water partition coefficient (Wildman–Crippen LogP) is 1.54. The van der Waals surface area contributed by atoms with E-state index in [2.05, 4.69) is 5.32 Å². The Labute approximate surface area is 107 Å². The van der Waals surface area contributed by atoms with Gasteiger partial charge in [0.2, 0.25) is 0 Å². The molecule has 0 saturated carbocycles. The number of hydrogen-bond acceptors (Lipinski definition) is 3. The first kappa shape index (κ1) is 14.0. The lowest BCUT2D eigenvalue weighted by molar-refractivity contribution is 0.0956. The molecule has 0 aliphatic carbocycles. The fourth-order valence-electron chi connectivity index (χ4n) is 1.17. The van der Waals surface area contributed by atoms with Crippen LogP contribution in [0.1, 0.15) is 17.3 Å². The first-order valence-corrected chi connectivity index (χ1v) is 7.03. The third kappa shape index (κ3) is 4.36. The molecule has 0 aromatic heterocycles. The minimum absolute atomic E-state index is 0.0599. The van der Waals surface area contributed by atoms with Crippen LogP contribution in [-0.4, -0.2) is 33.3 Å². The molecule has 0 aliphatic rings. The molecule has 1 aromatic rings. The Bertz CT molecular complexity index is 437. The summed E-state index contributed by atoms with van der Waals surface area (Å²) >= 11 is 5.69. The normalized spacial score (nSPS) is 12.1. The molecule has 1 amide bonds. The lowest BCUT2D eigenvalue weighted by atomic mass is 10.2. The van der Waals surface area contributed by atoms with Crippen molar-refractivity contribution in [2.45, 2.75) is 6.92 Å². The van der Waals surface area contributed by atoms with Crippen LogP contribution >= 0.6 is 11.6 Å². The van der Waals surface area contributed by atoms with E-state index in [9.17, 15) is 14.1 Å². The first-order chi connectivity index (χ1) is 8.04. The summed E-state index contributed by atoms with van der Waals surface area (Å²) in [6, 6.07) is 4.23. The summed E-state index contributed by atoms with van der Waals surface area (Å²) in [5.74, 6) is 0.671. The number of carbonyl (C=O) groups excluding carboxylic acids is 1. The van der Waals surface area contributed by atoms with Crippen LogP contribution in [-0.2, 0) is 10.8 Å². The van der Waals surface area contributed by atoms with Crippen molar-refractivity contribution in [3.05, 3.63) is 28.8 Å². The Morgan fingerprint density at radius 1 is 1.53 bits per heavy atom. The van der Waals surface area contributed by atoms with Gasteiger partial charge in [0.1, 0.15) is 5.75 Å². The van der Waals surface area contributed by atoms with Crippen LogP contribution in [0.3, 0.4) is 0 Å². The number of carbonyl (C=O) groups is 1. The fourth-order valence-corrected chi connectivity index (χ4v) is 1.97.